The van der Waals surface area contributed by atoms with Gasteiger partial charge in [-0.15, -0.1) is 24.0 Å². The molecule has 0 aromatic heterocycles. The Balaban J connectivity index is 0.00000392. The van der Waals surface area contributed by atoms with Crippen molar-refractivity contribution in [3.63, 3.8) is 0 Å². The molecule has 0 aliphatic rings. The molecule has 6 heteroatoms. The zero-order valence-corrected chi connectivity index (χ0v) is 19.2. The summed E-state index contributed by atoms with van der Waals surface area (Å²) < 4.78 is 0. The van der Waals surface area contributed by atoms with Crippen LogP contribution in [0.5, 0.6) is 0 Å². The predicted molar refractivity (Wildman–Crippen MR) is 129 cm³/mol. The van der Waals surface area contributed by atoms with Gasteiger partial charge in [-0.3, -0.25) is 4.79 Å². The summed E-state index contributed by atoms with van der Waals surface area (Å²) in [4.78, 5) is 16.4. The summed E-state index contributed by atoms with van der Waals surface area (Å²) in [6, 6.07) is 15.7. The van der Waals surface area contributed by atoms with Gasteiger partial charge in [-0.2, -0.15) is 0 Å². The number of amides is 1. The summed E-state index contributed by atoms with van der Waals surface area (Å²) in [5.74, 6) is 0.842. The molecule has 0 aliphatic heterocycles. The molecule has 0 saturated carbocycles. The maximum absolute atomic E-state index is 12.0. The van der Waals surface area contributed by atoms with Gasteiger partial charge in [0.25, 0.3) is 5.91 Å². The smallest absolute Gasteiger partial charge is 0.251 e. The van der Waals surface area contributed by atoms with Crippen LogP contribution in [0.4, 0.5) is 5.69 Å². The standard InChI is InChI=1S/C22H30N4O.HI/c1-4-13-24-21(27)19-8-6-7-17(14-19)15-25-22(23)26-20-11-9-18(10-12-20)16(3)5-2;/h6-12,14,16H,4-5,13,15H2,1-3H3,(H,24,27)(H3,23,25,26);1H. The van der Waals surface area contributed by atoms with E-state index in [1.54, 1.807) is 6.07 Å². The number of nitrogens with zero attached hydrogens (tertiary/aromatic N) is 1. The van der Waals surface area contributed by atoms with Crippen molar-refractivity contribution in [1.82, 2.24) is 5.32 Å². The molecule has 0 aliphatic carbocycles. The van der Waals surface area contributed by atoms with E-state index in [2.05, 4.69) is 41.6 Å². The number of aliphatic imine (C=N–C) groups is 1. The van der Waals surface area contributed by atoms with Crippen LogP contribution in [0.15, 0.2) is 53.5 Å². The molecule has 1 unspecified atom stereocenters. The van der Waals surface area contributed by atoms with E-state index < -0.39 is 0 Å². The second-order valence-corrected chi connectivity index (χ2v) is 6.71. The Morgan fingerprint density at radius 2 is 1.86 bits per heavy atom. The molecule has 2 aromatic carbocycles. The van der Waals surface area contributed by atoms with Crippen molar-refractivity contribution in [2.75, 3.05) is 11.9 Å². The Morgan fingerprint density at radius 1 is 1.14 bits per heavy atom. The largest absolute Gasteiger partial charge is 0.370 e. The van der Waals surface area contributed by atoms with Gasteiger partial charge in [-0.05, 0) is 54.2 Å². The average Bonchev–Trinajstić information content (AvgIpc) is 2.70. The third-order valence-electron chi connectivity index (χ3n) is 4.52. The molecule has 0 fully saturated rings. The quantitative estimate of drug-likeness (QED) is 0.278. The Morgan fingerprint density at radius 3 is 2.50 bits per heavy atom. The topological polar surface area (TPSA) is 79.5 Å². The second kappa shape index (κ2) is 12.4. The Hall–Kier alpha value is -2.09. The number of rotatable bonds is 8. The third kappa shape index (κ3) is 7.50. The van der Waals surface area contributed by atoms with Crippen LogP contribution in [0.1, 0.15) is 61.0 Å². The van der Waals surface area contributed by atoms with Crippen LogP contribution < -0.4 is 16.4 Å². The minimum absolute atomic E-state index is 0. The van der Waals surface area contributed by atoms with Crippen LogP contribution in [0.3, 0.4) is 0 Å². The van der Waals surface area contributed by atoms with Gasteiger partial charge in [0.05, 0.1) is 6.54 Å². The number of benzene rings is 2. The van der Waals surface area contributed by atoms with Crippen LogP contribution in [0.25, 0.3) is 0 Å². The molecule has 4 N–H and O–H groups in total. The first-order chi connectivity index (χ1) is 13.0. The third-order valence-corrected chi connectivity index (χ3v) is 4.52. The van der Waals surface area contributed by atoms with Gasteiger partial charge in [0.15, 0.2) is 5.96 Å². The first kappa shape index (κ1) is 23.9. The van der Waals surface area contributed by atoms with Gasteiger partial charge in [-0.1, -0.05) is 45.0 Å². The lowest BCUT2D eigenvalue weighted by atomic mass is 9.99. The molecule has 0 bridgehead atoms. The van der Waals surface area contributed by atoms with Crippen molar-refractivity contribution < 1.29 is 4.79 Å². The van der Waals surface area contributed by atoms with Crippen LogP contribution in [-0.4, -0.2) is 18.4 Å². The summed E-state index contributed by atoms with van der Waals surface area (Å²) in [6.07, 6.45) is 2.03. The number of carbonyl (C=O) groups is 1. The van der Waals surface area contributed by atoms with Gasteiger partial charge >= 0.3 is 0 Å². The lowest BCUT2D eigenvalue weighted by molar-refractivity contribution is 0.0953. The van der Waals surface area contributed by atoms with E-state index in [1.165, 1.54) is 5.56 Å². The summed E-state index contributed by atoms with van der Waals surface area (Å²) in [7, 11) is 0. The molecule has 2 aromatic rings. The SMILES string of the molecule is CCCNC(=O)c1cccc(CN=C(N)Nc2ccc(C(C)CC)cc2)c1.I. The fraction of sp³-hybridized carbons (Fsp3) is 0.364. The number of carbonyl (C=O) groups excluding carboxylic acids is 1. The first-order valence-corrected chi connectivity index (χ1v) is 9.57. The number of halogens is 1. The number of nitrogens with two attached hydrogens (primary N) is 1. The molecule has 5 nitrogen and oxygen atoms in total. The average molecular weight is 494 g/mol. The highest BCUT2D eigenvalue weighted by Gasteiger charge is 2.05. The molecule has 0 heterocycles. The fourth-order valence-corrected chi connectivity index (χ4v) is 2.65. The highest BCUT2D eigenvalue weighted by Crippen LogP contribution is 2.20. The Labute approximate surface area is 185 Å². The predicted octanol–water partition coefficient (Wildman–Crippen LogP) is 4.88. The fourth-order valence-electron chi connectivity index (χ4n) is 2.65. The molecule has 1 amide bonds. The van der Waals surface area contributed by atoms with Gasteiger partial charge in [0.2, 0.25) is 0 Å². The van der Waals surface area contributed by atoms with E-state index in [9.17, 15) is 4.79 Å². The molecule has 28 heavy (non-hydrogen) atoms. The highest BCUT2D eigenvalue weighted by atomic mass is 127. The van der Waals surface area contributed by atoms with Crippen molar-refractivity contribution >= 4 is 41.5 Å². The van der Waals surface area contributed by atoms with Gasteiger partial charge in [0, 0.05) is 17.8 Å². The van der Waals surface area contributed by atoms with E-state index >= 15 is 0 Å². The van der Waals surface area contributed by atoms with Crippen LogP contribution in [0.2, 0.25) is 0 Å². The van der Waals surface area contributed by atoms with E-state index in [4.69, 9.17) is 5.73 Å². The molecule has 152 valence electrons. The maximum Gasteiger partial charge on any atom is 0.251 e. The second-order valence-electron chi connectivity index (χ2n) is 6.71. The molecule has 1 atom stereocenters. The maximum atomic E-state index is 12.0. The van der Waals surface area contributed by atoms with Crippen molar-refractivity contribution in [2.24, 2.45) is 10.7 Å². The monoisotopic (exact) mass is 494 g/mol. The Bertz CT molecular complexity index is 774. The van der Waals surface area contributed by atoms with Crippen LogP contribution >= 0.6 is 24.0 Å². The summed E-state index contributed by atoms with van der Waals surface area (Å²) in [5, 5.41) is 5.99. The highest BCUT2D eigenvalue weighted by molar-refractivity contribution is 14.0. The van der Waals surface area contributed by atoms with E-state index in [1.807, 2.05) is 37.3 Å². The first-order valence-electron chi connectivity index (χ1n) is 9.57. The molecule has 0 radical (unpaired) electrons. The van der Waals surface area contributed by atoms with Gasteiger partial charge in [0.1, 0.15) is 0 Å². The summed E-state index contributed by atoms with van der Waals surface area (Å²) in [6.45, 7) is 7.52. The Kier molecular flexibility index (Phi) is 10.6. The summed E-state index contributed by atoms with van der Waals surface area (Å²) >= 11 is 0. The molecular formula is C22H31IN4O. The zero-order chi connectivity index (χ0) is 19.6. The van der Waals surface area contributed by atoms with Crippen molar-refractivity contribution in [3.05, 3.63) is 65.2 Å². The number of hydrogen-bond acceptors (Lipinski definition) is 2. The zero-order valence-electron chi connectivity index (χ0n) is 16.9. The van der Waals surface area contributed by atoms with Crippen LogP contribution in [0, 0.1) is 0 Å². The molecule has 0 saturated heterocycles. The molecular weight excluding hydrogens is 463 g/mol. The molecule has 2 rings (SSSR count). The van der Waals surface area contributed by atoms with Crippen molar-refractivity contribution in [2.45, 2.75) is 46.1 Å². The lowest BCUT2D eigenvalue weighted by Crippen LogP contribution is -2.24. The molecule has 0 spiro atoms. The van der Waals surface area contributed by atoms with Crippen LogP contribution in [-0.2, 0) is 6.54 Å². The van der Waals surface area contributed by atoms with Gasteiger partial charge in [-0.25, -0.2) is 4.99 Å². The lowest BCUT2D eigenvalue weighted by Gasteiger charge is -2.11. The van der Waals surface area contributed by atoms with E-state index in [0.29, 0.717) is 30.5 Å². The number of anilines is 1. The minimum atomic E-state index is -0.0600. The minimum Gasteiger partial charge on any atom is -0.370 e. The van der Waals surface area contributed by atoms with E-state index in [-0.39, 0.29) is 29.9 Å². The summed E-state index contributed by atoms with van der Waals surface area (Å²) in [5.41, 5.74) is 9.81. The normalized spacial score (nSPS) is 12.0. The number of nitrogens with one attached hydrogen (secondary N) is 2. The van der Waals surface area contributed by atoms with Crippen molar-refractivity contribution in [3.8, 4) is 0 Å². The van der Waals surface area contributed by atoms with Gasteiger partial charge < -0.3 is 16.4 Å². The number of hydrogen-bond donors (Lipinski definition) is 3. The van der Waals surface area contributed by atoms with Crippen molar-refractivity contribution in [1.29, 1.82) is 0 Å². The van der Waals surface area contributed by atoms with E-state index in [0.717, 1.165) is 24.1 Å². The number of guanidine groups is 1.